The molecule has 2 aromatic carbocycles. The standard InChI is InChI=1S/C13H10F3NO/c14-9-5-11(16)12(6-10(9)15)17-7-8-3-1-2-4-13(8)18/h1-6,17-18H,7H2. The Hall–Kier alpha value is -2.17. The minimum absolute atomic E-state index is 0.0491. The summed E-state index contributed by atoms with van der Waals surface area (Å²) >= 11 is 0. The van der Waals surface area contributed by atoms with E-state index in [1.54, 1.807) is 18.2 Å². The summed E-state index contributed by atoms with van der Waals surface area (Å²) in [7, 11) is 0. The quantitative estimate of drug-likeness (QED) is 0.821. The molecule has 0 spiro atoms. The molecule has 0 bridgehead atoms. The molecule has 0 radical (unpaired) electrons. The number of anilines is 1. The SMILES string of the molecule is Oc1ccccc1CNc1cc(F)c(F)cc1F. The largest absolute Gasteiger partial charge is 0.508 e. The van der Waals surface area contributed by atoms with Crippen molar-refractivity contribution >= 4 is 5.69 Å². The zero-order chi connectivity index (χ0) is 13.1. The van der Waals surface area contributed by atoms with Gasteiger partial charge >= 0.3 is 0 Å². The lowest BCUT2D eigenvalue weighted by Crippen LogP contribution is -2.03. The van der Waals surface area contributed by atoms with Gasteiger partial charge in [-0.1, -0.05) is 18.2 Å². The fraction of sp³-hybridized carbons (Fsp3) is 0.0769. The first-order valence-electron chi connectivity index (χ1n) is 5.23. The Bertz CT molecular complexity index is 572. The second-order valence-electron chi connectivity index (χ2n) is 3.73. The number of hydrogen-bond acceptors (Lipinski definition) is 2. The van der Waals surface area contributed by atoms with Crippen LogP contribution in [0.2, 0.25) is 0 Å². The van der Waals surface area contributed by atoms with E-state index in [-0.39, 0.29) is 18.0 Å². The van der Waals surface area contributed by atoms with Crippen LogP contribution >= 0.6 is 0 Å². The van der Waals surface area contributed by atoms with Gasteiger partial charge in [-0.15, -0.1) is 0 Å². The van der Waals surface area contributed by atoms with E-state index < -0.39 is 17.5 Å². The molecule has 0 aliphatic rings. The average molecular weight is 253 g/mol. The maximum atomic E-state index is 13.3. The molecule has 0 aliphatic carbocycles. The first kappa shape index (κ1) is 12.3. The molecule has 0 atom stereocenters. The highest BCUT2D eigenvalue weighted by Crippen LogP contribution is 2.21. The summed E-state index contributed by atoms with van der Waals surface area (Å²) < 4.78 is 38.9. The number of aromatic hydroxyl groups is 1. The Balaban J connectivity index is 2.16. The molecule has 0 saturated carbocycles. The lowest BCUT2D eigenvalue weighted by atomic mass is 10.2. The average Bonchev–Trinajstić information content (AvgIpc) is 2.34. The molecule has 2 N–H and O–H groups in total. The highest BCUT2D eigenvalue weighted by Gasteiger charge is 2.09. The van der Waals surface area contributed by atoms with Crippen molar-refractivity contribution in [1.29, 1.82) is 0 Å². The Labute approximate surface area is 102 Å². The summed E-state index contributed by atoms with van der Waals surface area (Å²) in [5, 5.41) is 12.1. The number of phenolic OH excluding ortho intramolecular Hbond substituents is 1. The number of para-hydroxylation sites is 1. The van der Waals surface area contributed by atoms with E-state index in [2.05, 4.69) is 5.32 Å². The Morgan fingerprint density at radius 3 is 2.33 bits per heavy atom. The highest BCUT2D eigenvalue weighted by molar-refractivity contribution is 5.47. The number of nitrogens with one attached hydrogen (secondary N) is 1. The molecule has 0 saturated heterocycles. The van der Waals surface area contributed by atoms with Gasteiger partial charge in [0, 0.05) is 24.2 Å². The van der Waals surface area contributed by atoms with Crippen molar-refractivity contribution in [3.63, 3.8) is 0 Å². The van der Waals surface area contributed by atoms with Crippen molar-refractivity contribution in [3.8, 4) is 5.75 Å². The normalized spacial score (nSPS) is 10.4. The van der Waals surface area contributed by atoms with Crippen LogP contribution in [0.4, 0.5) is 18.9 Å². The summed E-state index contributed by atoms with van der Waals surface area (Å²) in [4.78, 5) is 0. The zero-order valence-electron chi connectivity index (χ0n) is 9.25. The molecule has 0 heterocycles. The molecular formula is C13H10F3NO. The number of hydrogen-bond donors (Lipinski definition) is 2. The van der Waals surface area contributed by atoms with Crippen molar-refractivity contribution in [1.82, 2.24) is 0 Å². The molecule has 94 valence electrons. The molecule has 2 rings (SSSR count). The van der Waals surface area contributed by atoms with Crippen LogP contribution in [0.3, 0.4) is 0 Å². The van der Waals surface area contributed by atoms with Crippen LogP contribution in [-0.2, 0) is 6.54 Å². The third-order valence-electron chi connectivity index (χ3n) is 2.47. The van der Waals surface area contributed by atoms with E-state index in [0.29, 0.717) is 11.6 Å². The van der Waals surface area contributed by atoms with Crippen LogP contribution in [-0.4, -0.2) is 5.11 Å². The summed E-state index contributed by atoms with van der Waals surface area (Å²) in [6.07, 6.45) is 0. The van der Waals surface area contributed by atoms with E-state index in [4.69, 9.17) is 0 Å². The molecular weight excluding hydrogens is 243 g/mol. The Morgan fingerprint density at radius 2 is 1.61 bits per heavy atom. The number of halogens is 3. The monoisotopic (exact) mass is 253 g/mol. The highest BCUT2D eigenvalue weighted by atomic mass is 19.2. The van der Waals surface area contributed by atoms with Gasteiger partial charge in [-0.25, -0.2) is 13.2 Å². The maximum absolute atomic E-state index is 13.3. The van der Waals surface area contributed by atoms with Gasteiger partial charge in [-0.2, -0.15) is 0 Å². The molecule has 0 amide bonds. The molecule has 0 fully saturated rings. The van der Waals surface area contributed by atoms with Crippen LogP contribution < -0.4 is 5.32 Å². The van der Waals surface area contributed by atoms with Gasteiger partial charge in [0.05, 0.1) is 5.69 Å². The van der Waals surface area contributed by atoms with E-state index in [1.165, 1.54) is 6.07 Å². The predicted octanol–water partition coefficient (Wildman–Crippen LogP) is 3.42. The van der Waals surface area contributed by atoms with Crippen molar-refractivity contribution in [2.75, 3.05) is 5.32 Å². The fourth-order valence-corrected chi connectivity index (χ4v) is 1.51. The van der Waals surface area contributed by atoms with Gasteiger partial charge in [0.1, 0.15) is 11.6 Å². The van der Waals surface area contributed by atoms with Gasteiger partial charge in [0.15, 0.2) is 11.6 Å². The molecule has 18 heavy (non-hydrogen) atoms. The third-order valence-corrected chi connectivity index (χ3v) is 2.47. The minimum atomic E-state index is -1.24. The Kier molecular flexibility index (Phi) is 3.41. The van der Waals surface area contributed by atoms with Crippen LogP contribution in [0.5, 0.6) is 5.75 Å². The molecule has 0 unspecified atom stereocenters. The number of phenols is 1. The zero-order valence-corrected chi connectivity index (χ0v) is 9.25. The van der Waals surface area contributed by atoms with Gasteiger partial charge in [-0.3, -0.25) is 0 Å². The summed E-state index contributed by atoms with van der Waals surface area (Å²) in [5.41, 5.74) is 0.374. The van der Waals surface area contributed by atoms with E-state index in [0.717, 1.165) is 6.07 Å². The van der Waals surface area contributed by atoms with Gasteiger partial charge in [-0.05, 0) is 6.07 Å². The van der Waals surface area contributed by atoms with E-state index >= 15 is 0 Å². The van der Waals surface area contributed by atoms with Crippen LogP contribution in [0, 0.1) is 17.5 Å². The summed E-state index contributed by atoms with van der Waals surface area (Å²) in [5.74, 6) is -3.20. The molecule has 0 aromatic heterocycles. The first-order chi connectivity index (χ1) is 8.58. The lowest BCUT2D eigenvalue weighted by Gasteiger charge is -2.09. The third kappa shape index (κ3) is 2.56. The molecule has 2 aromatic rings. The number of rotatable bonds is 3. The molecule has 0 aliphatic heterocycles. The van der Waals surface area contributed by atoms with Gasteiger partial charge < -0.3 is 10.4 Å². The van der Waals surface area contributed by atoms with Crippen LogP contribution in [0.25, 0.3) is 0 Å². The van der Waals surface area contributed by atoms with Crippen LogP contribution in [0.1, 0.15) is 5.56 Å². The smallest absolute Gasteiger partial charge is 0.161 e. The summed E-state index contributed by atoms with van der Waals surface area (Å²) in [6, 6.07) is 7.70. The second kappa shape index (κ2) is 5.00. The Morgan fingerprint density at radius 1 is 0.944 bits per heavy atom. The molecule has 2 nitrogen and oxygen atoms in total. The second-order valence-corrected chi connectivity index (χ2v) is 3.73. The summed E-state index contributed by atoms with van der Waals surface area (Å²) in [6.45, 7) is 0.106. The maximum Gasteiger partial charge on any atom is 0.161 e. The van der Waals surface area contributed by atoms with Crippen molar-refractivity contribution < 1.29 is 18.3 Å². The fourth-order valence-electron chi connectivity index (χ4n) is 1.51. The van der Waals surface area contributed by atoms with Crippen molar-refractivity contribution in [2.24, 2.45) is 0 Å². The van der Waals surface area contributed by atoms with Crippen LogP contribution in [0.15, 0.2) is 36.4 Å². The van der Waals surface area contributed by atoms with E-state index in [1.807, 2.05) is 0 Å². The first-order valence-corrected chi connectivity index (χ1v) is 5.23. The van der Waals surface area contributed by atoms with Crippen molar-refractivity contribution in [3.05, 3.63) is 59.4 Å². The van der Waals surface area contributed by atoms with Gasteiger partial charge in [0.25, 0.3) is 0 Å². The minimum Gasteiger partial charge on any atom is -0.508 e. The molecule has 5 heteroatoms. The predicted molar refractivity (Wildman–Crippen MR) is 61.7 cm³/mol. The topological polar surface area (TPSA) is 32.3 Å². The lowest BCUT2D eigenvalue weighted by molar-refractivity contribution is 0.469. The van der Waals surface area contributed by atoms with E-state index in [9.17, 15) is 18.3 Å². The van der Waals surface area contributed by atoms with Gasteiger partial charge in [0.2, 0.25) is 0 Å². The number of benzene rings is 2. The van der Waals surface area contributed by atoms with Crippen molar-refractivity contribution in [2.45, 2.75) is 6.54 Å².